The maximum absolute atomic E-state index is 11.5. The highest BCUT2D eigenvalue weighted by molar-refractivity contribution is 7.45. The van der Waals surface area contributed by atoms with Crippen LogP contribution in [0.4, 0.5) is 5.95 Å². The molecule has 1 aromatic rings. The monoisotopic (exact) mass is 348 g/mol. The van der Waals surface area contributed by atoms with E-state index in [9.17, 15) is 14.3 Å². The van der Waals surface area contributed by atoms with Gasteiger partial charge in [0.05, 0.1) is 12.7 Å². The van der Waals surface area contributed by atoms with E-state index in [2.05, 4.69) is 9.51 Å². The van der Waals surface area contributed by atoms with E-state index in [1.54, 1.807) is 6.92 Å². The molecule has 4 atom stereocenters. The summed E-state index contributed by atoms with van der Waals surface area (Å²) in [5.74, 6) is -0.0283. The van der Waals surface area contributed by atoms with Gasteiger partial charge in [-0.05, 0) is 6.92 Å². The van der Waals surface area contributed by atoms with Crippen LogP contribution in [0.2, 0.25) is 0 Å². The quantitative estimate of drug-likeness (QED) is 0.678. The van der Waals surface area contributed by atoms with E-state index in [0.29, 0.717) is 5.56 Å². The first-order valence-electron chi connectivity index (χ1n) is 6.82. The van der Waals surface area contributed by atoms with E-state index in [0.717, 1.165) is 7.11 Å². The predicted octanol–water partition coefficient (Wildman–Crippen LogP) is -0.432. The number of phosphoric acid groups is 1. The molecule has 10 nitrogen and oxygen atoms in total. The van der Waals surface area contributed by atoms with Gasteiger partial charge in [0.2, 0.25) is 5.95 Å². The Hall–Kier alpha value is -1.29. The third kappa shape index (κ3) is 4.17. The third-order valence-electron chi connectivity index (χ3n) is 3.46. The van der Waals surface area contributed by atoms with Crippen LogP contribution >= 0.6 is 7.82 Å². The molecule has 0 saturated carbocycles. The Morgan fingerprint density at radius 1 is 1.57 bits per heavy atom. The molecule has 2 N–H and O–H groups in total. The van der Waals surface area contributed by atoms with Gasteiger partial charge >= 0.3 is 0 Å². The number of methoxy groups -OCH3 is 1. The van der Waals surface area contributed by atoms with Gasteiger partial charge in [0.25, 0.3) is 13.4 Å². The number of nitrogens with zero attached hydrogens (tertiary/aromatic N) is 2. The molecule has 1 aromatic heterocycles. The molecule has 2 rings (SSSR count). The summed E-state index contributed by atoms with van der Waals surface area (Å²) in [6.45, 7) is 1.72. The van der Waals surface area contributed by atoms with Gasteiger partial charge < -0.3 is 29.1 Å². The standard InChI is InChI=1S/C12H20N3O7P/c1-7-5-15(12(13)14-11(7)16)10-4-8(9(21-10)6-19-2)22-23(17,18)20-3/h5,8-10H,4,6H2,1-3H3,(H,17,18)(H2,13,14,16)/p-1/t8?,9-,10-/m1/s1. The van der Waals surface area contributed by atoms with Crippen LogP contribution in [0.1, 0.15) is 18.2 Å². The van der Waals surface area contributed by atoms with Crippen LogP contribution in [0.25, 0.3) is 0 Å². The van der Waals surface area contributed by atoms with E-state index in [4.69, 9.17) is 19.7 Å². The minimum absolute atomic E-state index is 0.0283. The summed E-state index contributed by atoms with van der Waals surface area (Å²) in [7, 11) is -1.95. The lowest BCUT2D eigenvalue weighted by molar-refractivity contribution is -0.229. The Kier molecular flexibility index (Phi) is 5.56. The molecular formula is C12H19N3O7P-. The van der Waals surface area contributed by atoms with Crippen LogP contribution in [0.15, 0.2) is 11.0 Å². The van der Waals surface area contributed by atoms with Gasteiger partial charge in [-0.25, -0.2) is 0 Å². The van der Waals surface area contributed by atoms with Crippen LogP contribution in [-0.2, 0) is 23.1 Å². The molecule has 1 saturated heterocycles. The maximum Gasteiger partial charge on any atom is 0.277 e. The summed E-state index contributed by atoms with van der Waals surface area (Å²) < 4.78 is 33.1. The lowest BCUT2D eigenvalue weighted by Crippen LogP contribution is -2.29. The number of hydrogen-bond donors (Lipinski definition) is 1. The Bertz CT molecular complexity index is 665. The van der Waals surface area contributed by atoms with Crippen LogP contribution in [0.3, 0.4) is 0 Å². The van der Waals surface area contributed by atoms with Crippen LogP contribution in [-0.4, -0.2) is 42.6 Å². The molecule has 1 fully saturated rings. The van der Waals surface area contributed by atoms with Crippen LogP contribution in [0, 0.1) is 6.92 Å². The molecule has 23 heavy (non-hydrogen) atoms. The molecule has 130 valence electrons. The van der Waals surface area contributed by atoms with Crippen molar-refractivity contribution in [3.63, 3.8) is 0 Å². The van der Waals surface area contributed by atoms with E-state index < -0.39 is 31.8 Å². The van der Waals surface area contributed by atoms with Crippen molar-refractivity contribution in [2.75, 3.05) is 26.6 Å². The fraction of sp³-hybridized carbons (Fsp3) is 0.667. The molecule has 11 heteroatoms. The number of aromatic nitrogens is 2. The molecule has 0 spiro atoms. The van der Waals surface area contributed by atoms with Gasteiger partial charge in [0.1, 0.15) is 12.3 Å². The van der Waals surface area contributed by atoms with Crippen LogP contribution < -0.4 is 16.2 Å². The fourth-order valence-corrected chi connectivity index (χ4v) is 2.96. The number of nitrogen functional groups attached to an aromatic ring is 1. The van der Waals surface area contributed by atoms with Gasteiger partial charge in [-0.1, -0.05) is 0 Å². The van der Waals surface area contributed by atoms with Gasteiger partial charge in [0.15, 0.2) is 0 Å². The lowest BCUT2D eigenvalue weighted by atomic mass is 10.2. The Morgan fingerprint density at radius 3 is 2.87 bits per heavy atom. The first-order valence-corrected chi connectivity index (χ1v) is 8.28. The van der Waals surface area contributed by atoms with Gasteiger partial charge in [-0.3, -0.25) is 13.9 Å². The number of hydrogen-bond acceptors (Lipinski definition) is 9. The van der Waals surface area contributed by atoms with Crippen molar-refractivity contribution in [1.82, 2.24) is 9.55 Å². The molecule has 2 heterocycles. The van der Waals surface area contributed by atoms with Gasteiger partial charge in [0, 0.05) is 32.4 Å². The van der Waals surface area contributed by atoms with E-state index in [1.807, 2.05) is 0 Å². The first-order chi connectivity index (χ1) is 10.8. The number of anilines is 1. The highest BCUT2D eigenvalue weighted by atomic mass is 31.2. The summed E-state index contributed by atoms with van der Waals surface area (Å²) in [4.78, 5) is 26.7. The van der Waals surface area contributed by atoms with E-state index in [-0.39, 0.29) is 19.0 Å². The molecule has 0 aromatic carbocycles. The Balaban J connectivity index is 2.24. The molecule has 0 radical (unpaired) electrons. The third-order valence-corrected chi connectivity index (χ3v) is 4.44. The topological polar surface area (TPSA) is 138 Å². The number of phosphoric ester groups is 1. The first kappa shape index (κ1) is 18.1. The number of nitrogens with two attached hydrogens (primary N) is 1. The second-order valence-electron chi connectivity index (χ2n) is 5.09. The minimum Gasteiger partial charge on any atom is -0.756 e. The Morgan fingerprint density at radius 2 is 2.26 bits per heavy atom. The summed E-state index contributed by atoms with van der Waals surface area (Å²) in [5.41, 5.74) is 5.71. The van der Waals surface area contributed by atoms with Gasteiger partial charge in [-0.15, -0.1) is 0 Å². The van der Waals surface area contributed by atoms with E-state index >= 15 is 0 Å². The zero-order valence-corrected chi connectivity index (χ0v) is 13.9. The highest BCUT2D eigenvalue weighted by Crippen LogP contribution is 2.44. The molecule has 0 aliphatic carbocycles. The maximum atomic E-state index is 11.5. The van der Waals surface area contributed by atoms with Crippen molar-refractivity contribution in [2.24, 2.45) is 0 Å². The number of rotatable bonds is 6. The second-order valence-corrected chi connectivity index (χ2v) is 6.56. The summed E-state index contributed by atoms with van der Waals surface area (Å²) in [6, 6.07) is 0. The largest absolute Gasteiger partial charge is 0.756 e. The van der Waals surface area contributed by atoms with Crippen molar-refractivity contribution in [3.8, 4) is 0 Å². The number of aryl methyl sites for hydroxylation is 1. The minimum atomic E-state index is -4.42. The molecule has 0 amide bonds. The molecule has 2 unspecified atom stereocenters. The smallest absolute Gasteiger partial charge is 0.277 e. The van der Waals surface area contributed by atoms with Crippen molar-refractivity contribution >= 4 is 13.8 Å². The SMILES string of the molecule is COC[C@H]1O[C@@H](n2cc(C)c(=O)nc2N)CC1OP(=O)([O-])OC. The average Bonchev–Trinajstić information content (AvgIpc) is 2.85. The van der Waals surface area contributed by atoms with Gasteiger partial charge in [-0.2, -0.15) is 4.98 Å². The normalized spacial score (nSPS) is 27.0. The summed E-state index contributed by atoms with van der Waals surface area (Å²) >= 11 is 0. The molecule has 0 bridgehead atoms. The zero-order valence-electron chi connectivity index (χ0n) is 13.0. The predicted molar refractivity (Wildman–Crippen MR) is 77.5 cm³/mol. The fourth-order valence-electron chi connectivity index (χ4n) is 2.32. The van der Waals surface area contributed by atoms with Crippen molar-refractivity contribution in [3.05, 3.63) is 22.1 Å². The van der Waals surface area contributed by atoms with E-state index in [1.165, 1.54) is 17.9 Å². The van der Waals surface area contributed by atoms with Crippen LogP contribution in [0.5, 0.6) is 0 Å². The second kappa shape index (κ2) is 7.08. The zero-order chi connectivity index (χ0) is 17.2. The van der Waals surface area contributed by atoms with Crippen molar-refractivity contribution in [2.45, 2.75) is 31.8 Å². The highest BCUT2D eigenvalue weighted by Gasteiger charge is 2.39. The van der Waals surface area contributed by atoms with Crippen molar-refractivity contribution < 1.29 is 28.0 Å². The molecular weight excluding hydrogens is 329 g/mol. The average molecular weight is 348 g/mol. The van der Waals surface area contributed by atoms with Crippen molar-refractivity contribution in [1.29, 1.82) is 0 Å². The molecule has 1 aliphatic heterocycles. The lowest BCUT2D eigenvalue weighted by Gasteiger charge is -2.26. The summed E-state index contributed by atoms with van der Waals surface area (Å²) in [5, 5.41) is 0. The number of ether oxygens (including phenoxy) is 2. The summed E-state index contributed by atoms with van der Waals surface area (Å²) in [6.07, 6.45) is -0.389. The Labute approximate surface area is 132 Å². The molecule has 1 aliphatic rings.